The number of piperazine rings is 1. The van der Waals surface area contributed by atoms with Crippen LogP contribution in [0.3, 0.4) is 0 Å². The lowest BCUT2D eigenvalue weighted by Gasteiger charge is -2.40. The molecule has 0 spiro atoms. The van der Waals surface area contributed by atoms with E-state index in [-0.39, 0.29) is 5.97 Å². The van der Waals surface area contributed by atoms with Crippen LogP contribution in [0.25, 0.3) is 0 Å². The van der Waals surface area contributed by atoms with E-state index in [1.54, 1.807) is 0 Å². The van der Waals surface area contributed by atoms with Gasteiger partial charge in [0.25, 0.3) is 0 Å². The Morgan fingerprint density at radius 3 is 2.95 bits per heavy atom. The molecular formula is C16H25N3O2. The van der Waals surface area contributed by atoms with Crippen molar-refractivity contribution in [3.63, 3.8) is 0 Å². The molecule has 5 heteroatoms. The van der Waals surface area contributed by atoms with Crippen LogP contribution in [-0.4, -0.2) is 60.1 Å². The summed E-state index contributed by atoms with van der Waals surface area (Å²) in [6, 6.07) is 4.63. The molecule has 1 aliphatic rings. The van der Waals surface area contributed by atoms with E-state index in [0.29, 0.717) is 12.5 Å². The van der Waals surface area contributed by atoms with Crippen LogP contribution in [0, 0.1) is 6.92 Å². The van der Waals surface area contributed by atoms with Gasteiger partial charge in [-0.2, -0.15) is 0 Å². The highest BCUT2D eigenvalue weighted by atomic mass is 16.5. The van der Waals surface area contributed by atoms with Crippen LogP contribution < -0.4 is 0 Å². The van der Waals surface area contributed by atoms with Gasteiger partial charge < -0.3 is 4.74 Å². The van der Waals surface area contributed by atoms with E-state index in [4.69, 9.17) is 4.74 Å². The van der Waals surface area contributed by atoms with Gasteiger partial charge in [-0.05, 0) is 25.5 Å². The first-order chi connectivity index (χ1) is 10.1. The summed E-state index contributed by atoms with van der Waals surface area (Å²) in [5.41, 5.74) is 2.41. The quantitative estimate of drug-likeness (QED) is 0.769. The summed E-state index contributed by atoms with van der Waals surface area (Å²) in [5, 5.41) is 0. The number of hydrogen-bond acceptors (Lipinski definition) is 5. The van der Waals surface area contributed by atoms with Gasteiger partial charge in [0.2, 0.25) is 0 Å². The number of aromatic nitrogens is 1. The van der Waals surface area contributed by atoms with Crippen LogP contribution in [-0.2, 0) is 16.1 Å². The monoisotopic (exact) mass is 291 g/mol. The third-order valence-electron chi connectivity index (χ3n) is 4.20. The molecule has 116 valence electrons. The fourth-order valence-electron chi connectivity index (χ4n) is 2.76. The number of ether oxygens (including phenoxy) is 1. The third-order valence-corrected chi connectivity index (χ3v) is 4.20. The van der Waals surface area contributed by atoms with Gasteiger partial charge in [0, 0.05) is 50.7 Å². The van der Waals surface area contributed by atoms with E-state index in [0.717, 1.165) is 38.4 Å². The number of esters is 1. The number of carbonyl (C=O) groups is 1. The minimum atomic E-state index is -0.129. The Balaban J connectivity index is 1.84. The van der Waals surface area contributed by atoms with Crippen LogP contribution in [0.2, 0.25) is 0 Å². The predicted molar refractivity (Wildman–Crippen MR) is 81.9 cm³/mol. The average Bonchev–Trinajstić information content (AvgIpc) is 2.49. The van der Waals surface area contributed by atoms with E-state index in [2.05, 4.69) is 34.7 Å². The molecule has 1 aliphatic heterocycles. The zero-order chi connectivity index (χ0) is 15.2. The molecule has 1 fully saturated rings. The third kappa shape index (κ3) is 4.51. The molecule has 0 aromatic carbocycles. The summed E-state index contributed by atoms with van der Waals surface area (Å²) < 4.78 is 4.70. The maximum absolute atomic E-state index is 11.2. The smallest absolute Gasteiger partial charge is 0.306 e. The van der Waals surface area contributed by atoms with Crippen molar-refractivity contribution in [3.05, 3.63) is 29.6 Å². The van der Waals surface area contributed by atoms with Crippen molar-refractivity contribution in [2.45, 2.75) is 32.9 Å². The van der Waals surface area contributed by atoms with Crippen LogP contribution in [0.5, 0.6) is 0 Å². The normalized spacial score (nSPS) is 20.4. The number of pyridine rings is 1. The van der Waals surface area contributed by atoms with Crippen molar-refractivity contribution >= 4 is 5.97 Å². The fraction of sp³-hybridized carbons (Fsp3) is 0.625. The molecule has 1 saturated heterocycles. The highest BCUT2D eigenvalue weighted by Crippen LogP contribution is 2.15. The standard InChI is InChI=1S/C16H25N3O2/c1-13-11-18(8-6-16(20)21-3)9-10-19(13)12-15-5-4-7-17-14(15)2/h4-5,7,13H,6,8-12H2,1-3H3. The van der Waals surface area contributed by atoms with Crippen molar-refractivity contribution in [2.75, 3.05) is 33.3 Å². The molecule has 0 amide bonds. The SMILES string of the molecule is COC(=O)CCN1CCN(Cc2cccnc2C)C(C)C1. The Labute approximate surface area is 126 Å². The maximum Gasteiger partial charge on any atom is 0.306 e. The predicted octanol–water partition coefficient (Wildman–Crippen LogP) is 1.46. The Morgan fingerprint density at radius 2 is 2.29 bits per heavy atom. The number of methoxy groups -OCH3 is 1. The minimum absolute atomic E-state index is 0.129. The highest BCUT2D eigenvalue weighted by Gasteiger charge is 2.24. The lowest BCUT2D eigenvalue weighted by Crippen LogP contribution is -2.51. The van der Waals surface area contributed by atoms with Gasteiger partial charge in [-0.1, -0.05) is 6.07 Å². The molecule has 0 N–H and O–H groups in total. The molecule has 1 aromatic rings. The second-order valence-electron chi connectivity index (χ2n) is 5.69. The van der Waals surface area contributed by atoms with Crippen molar-refractivity contribution in [2.24, 2.45) is 0 Å². The molecule has 1 aromatic heterocycles. The molecule has 21 heavy (non-hydrogen) atoms. The Kier molecular flexibility index (Phi) is 5.70. The van der Waals surface area contributed by atoms with Crippen LogP contribution in [0.4, 0.5) is 0 Å². The first kappa shape index (κ1) is 15.9. The summed E-state index contributed by atoms with van der Waals surface area (Å²) >= 11 is 0. The van der Waals surface area contributed by atoms with Crippen molar-refractivity contribution in [3.8, 4) is 0 Å². The summed E-state index contributed by atoms with van der Waals surface area (Å²) in [5.74, 6) is -0.129. The van der Waals surface area contributed by atoms with Gasteiger partial charge in [-0.3, -0.25) is 19.6 Å². The molecule has 0 saturated carbocycles. The zero-order valence-electron chi connectivity index (χ0n) is 13.2. The summed E-state index contributed by atoms with van der Waals surface area (Å²) in [6.07, 6.45) is 2.32. The lowest BCUT2D eigenvalue weighted by atomic mass is 10.1. The van der Waals surface area contributed by atoms with Crippen LogP contribution in [0.1, 0.15) is 24.6 Å². The van der Waals surface area contributed by atoms with E-state index in [9.17, 15) is 4.79 Å². The molecule has 2 heterocycles. The van der Waals surface area contributed by atoms with E-state index in [1.807, 2.05) is 12.3 Å². The Morgan fingerprint density at radius 1 is 1.48 bits per heavy atom. The average molecular weight is 291 g/mol. The number of rotatable bonds is 5. The Hall–Kier alpha value is -1.46. The van der Waals surface area contributed by atoms with Gasteiger partial charge in [0.15, 0.2) is 0 Å². The van der Waals surface area contributed by atoms with Crippen molar-refractivity contribution in [1.29, 1.82) is 0 Å². The van der Waals surface area contributed by atoms with Gasteiger partial charge in [-0.15, -0.1) is 0 Å². The first-order valence-corrected chi connectivity index (χ1v) is 7.54. The number of carbonyl (C=O) groups excluding carboxylic acids is 1. The van der Waals surface area contributed by atoms with Gasteiger partial charge in [-0.25, -0.2) is 0 Å². The highest BCUT2D eigenvalue weighted by molar-refractivity contribution is 5.69. The van der Waals surface area contributed by atoms with E-state index in [1.165, 1.54) is 12.7 Å². The lowest BCUT2D eigenvalue weighted by molar-refractivity contribution is -0.141. The topological polar surface area (TPSA) is 45.7 Å². The summed E-state index contributed by atoms with van der Waals surface area (Å²) in [6.45, 7) is 9.07. The van der Waals surface area contributed by atoms with Crippen molar-refractivity contribution in [1.82, 2.24) is 14.8 Å². The molecule has 0 aliphatic carbocycles. The first-order valence-electron chi connectivity index (χ1n) is 7.54. The molecule has 1 unspecified atom stereocenters. The Bertz CT molecular complexity index is 478. The van der Waals surface area contributed by atoms with Gasteiger partial charge in [0.1, 0.15) is 0 Å². The summed E-state index contributed by atoms with van der Waals surface area (Å²) in [4.78, 5) is 20.4. The fourth-order valence-corrected chi connectivity index (χ4v) is 2.76. The number of aryl methyl sites for hydroxylation is 1. The van der Waals surface area contributed by atoms with Crippen molar-refractivity contribution < 1.29 is 9.53 Å². The van der Waals surface area contributed by atoms with Gasteiger partial charge >= 0.3 is 5.97 Å². The minimum Gasteiger partial charge on any atom is -0.469 e. The van der Waals surface area contributed by atoms with Crippen LogP contribution in [0.15, 0.2) is 18.3 Å². The summed E-state index contributed by atoms with van der Waals surface area (Å²) in [7, 11) is 1.44. The van der Waals surface area contributed by atoms with E-state index < -0.39 is 0 Å². The molecule has 0 bridgehead atoms. The number of hydrogen-bond donors (Lipinski definition) is 0. The van der Waals surface area contributed by atoms with Crippen LogP contribution >= 0.6 is 0 Å². The van der Waals surface area contributed by atoms with E-state index >= 15 is 0 Å². The second-order valence-corrected chi connectivity index (χ2v) is 5.69. The molecule has 1 atom stereocenters. The largest absolute Gasteiger partial charge is 0.469 e. The second kappa shape index (κ2) is 7.52. The molecular weight excluding hydrogens is 266 g/mol. The molecule has 5 nitrogen and oxygen atoms in total. The molecule has 2 rings (SSSR count). The molecule has 0 radical (unpaired) electrons. The van der Waals surface area contributed by atoms with Gasteiger partial charge in [0.05, 0.1) is 13.5 Å². The number of nitrogens with zero attached hydrogens (tertiary/aromatic N) is 3. The maximum atomic E-state index is 11.2. The zero-order valence-corrected chi connectivity index (χ0v) is 13.2.